The Kier molecular flexibility index (Phi) is 4.99. The second kappa shape index (κ2) is 6.74. The summed E-state index contributed by atoms with van der Waals surface area (Å²) < 4.78 is 13.2. The normalized spacial score (nSPS) is 15.7. The minimum absolute atomic E-state index is 0.152. The number of carbonyl (C=O) groups excluding carboxylic acids is 1. The number of nitrogens with one attached hydrogen (secondary N) is 1. The second-order valence-corrected chi connectivity index (χ2v) is 5.21. The highest BCUT2D eigenvalue weighted by Crippen LogP contribution is 2.33. The number of nitrogens with zero attached hydrogens (tertiary/aromatic N) is 1. The first kappa shape index (κ1) is 15.5. The number of carbonyl (C=O) groups is 1. The zero-order valence-electron chi connectivity index (χ0n) is 12.9. The number of aromatic amines is 1. The van der Waals surface area contributed by atoms with Gasteiger partial charge in [-0.2, -0.15) is 0 Å². The largest absolute Gasteiger partial charge is 0.361 e. The molecule has 0 spiro atoms. The van der Waals surface area contributed by atoms with Crippen LogP contribution >= 0.6 is 0 Å². The number of hydrogen-bond acceptors (Lipinski definition) is 1. The van der Waals surface area contributed by atoms with Gasteiger partial charge < -0.3 is 9.88 Å². The van der Waals surface area contributed by atoms with Crippen LogP contribution < -0.4 is 0 Å². The van der Waals surface area contributed by atoms with Crippen LogP contribution in [-0.2, 0) is 4.79 Å². The molecular formula is C17H23FN2O. The number of benzene rings is 1. The Balaban J connectivity index is 0.000000774. The molecule has 0 atom stereocenters. The van der Waals surface area contributed by atoms with Gasteiger partial charge in [-0.3, -0.25) is 4.79 Å². The van der Waals surface area contributed by atoms with E-state index in [0.717, 1.165) is 36.8 Å². The highest BCUT2D eigenvalue weighted by molar-refractivity contribution is 5.83. The fourth-order valence-electron chi connectivity index (χ4n) is 2.96. The maximum Gasteiger partial charge on any atom is 0.219 e. The molecule has 1 fully saturated rings. The molecular weight excluding hydrogens is 267 g/mol. The first-order chi connectivity index (χ1) is 10.1. The van der Waals surface area contributed by atoms with Crippen molar-refractivity contribution in [2.24, 2.45) is 0 Å². The average molecular weight is 290 g/mol. The third kappa shape index (κ3) is 3.26. The fourth-order valence-corrected chi connectivity index (χ4v) is 2.96. The molecule has 1 amide bonds. The number of piperidine rings is 1. The van der Waals surface area contributed by atoms with Gasteiger partial charge in [-0.1, -0.05) is 13.8 Å². The molecule has 21 heavy (non-hydrogen) atoms. The number of amides is 1. The van der Waals surface area contributed by atoms with Crippen molar-refractivity contribution in [2.45, 2.75) is 39.5 Å². The Labute approximate surface area is 125 Å². The van der Waals surface area contributed by atoms with Crippen LogP contribution in [0.3, 0.4) is 0 Å². The number of rotatable bonds is 1. The lowest BCUT2D eigenvalue weighted by atomic mass is 9.89. The summed E-state index contributed by atoms with van der Waals surface area (Å²) in [6, 6.07) is 4.88. The van der Waals surface area contributed by atoms with Crippen LogP contribution in [0.2, 0.25) is 0 Å². The molecule has 0 unspecified atom stereocenters. The van der Waals surface area contributed by atoms with E-state index in [0.29, 0.717) is 5.92 Å². The molecule has 1 N–H and O–H groups in total. The Bertz CT molecular complexity index is 612. The van der Waals surface area contributed by atoms with Gasteiger partial charge in [-0.25, -0.2) is 4.39 Å². The van der Waals surface area contributed by atoms with Crippen molar-refractivity contribution >= 4 is 16.8 Å². The van der Waals surface area contributed by atoms with Gasteiger partial charge in [0.25, 0.3) is 0 Å². The van der Waals surface area contributed by atoms with Crippen LogP contribution in [0.1, 0.15) is 45.1 Å². The van der Waals surface area contributed by atoms with E-state index in [4.69, 9.17) is 0 Å². The van der Waals surface area contributed by atoms with Gasteiger partial charge in [0.15, 0.2) is 0 Å². The molecule has 3 nitrogen and oxygen atoms in total. The highest BCUT2D eigenvalue weighted by Gasteiger charge is 2.23. The number of likely N-dealkylation sites (tertiary alicyclic amines) is 1. The van der Waals surface area contributed by atoms with Gasteiger partial charge in [0.05, 0.1) is 0 Å². The quantitative estimate of drug-likeness (QED) is 0.844. The van der Waals surface area contributed by atoms with Crippen LogP contribution in [-0.4, -0.2) is 28.9 Å². The van der Waals surface area contributed by atoms with Gasteiger partial charge in [0.1, 0.15) is 5.82 Å². The zero-order chi connectivity index (χ0) is 15.4. The Morgan fingerprint density at radius 1 is 1.29 bits per heavy atom. The Morgan fingerprint density at radius 2 is 1.95 bits per heavy atom. The van der Waals surface area contributed by atoms with Crippen LogP contribution in [0.15, 0.2) is 24.4 Å². The maximum absolute atomic E-state index is 13.2. The topological polar surface area (TPSA) is 36.1 Å². The molecule has 1 aromatic carbocycles. The zero-order valence-corrected chi connectivity index (χ0v) is 12.9. The molecule has 4 heteroatoms. The van der Waals surface area contributed by atoms with Gasteiger partial charge in [0, 0.05) is 37.1 Å². The van der Waals surface area contributed by atoms with Crippen molar-refractivity contribution in [3.8, 4) is 0 Å². The van der Waals surface area contributed by atoms with Crippen LogP contribution in [0, 0.1) is 5.82 Å². The number of hydrogen-bond donors (Lipinski definition) is 1. The second-order valence-electron chi connectivity index (χ2n) is 5.21. The molecule has 1 aliphatic rings. The van der Waals surface area contributed by atoms with Crippen molar-refractivity contribution in [3.63, 3.8) is 0 Å². The van der Waals surface area contributed by atoms with Crippen molar-refractivity contribution in [1.29, 1.82) is 0 Å². The van der Waals surface area contributed by atoms with Crippen LogP contribution in [0.25, 0.3) is 10.9 Å². The van der Waals surface area contributed by atoms with Gasteiger partial charge >= 0.3 is 0 Å². The number of halogens is 1. The summed E-state index contributed by atoms with van der Waals surface area (Å²) in [6.07, 6.45) is 3.94. The summed E-state index contributed by atoms with van der Waals surface area (Å²) in [5.41, 5.74) is 2.10. The van der Waals surface area contributed by atoms with E-state index in [9.17, 15) is 9.18 Å². The lowest BCUT2D eigenvalue weighted by molar-refractivity contribution is -0.129. The average Bonchev–Trinajstić information content (AvgIpc) is 2.92. The Hall–Kier alpha value is -1.84. The lowest BCUT2D eigenvalue weighted by Crippen LogP contribution is -2.36. The van der Waals surface area contributed by atoms with Crippen molar-refractivity contribution in [1.82, 2.24) is 9.88 Å². The standard InChI is InChI=1S/C15H17FN2O.C2H6/c1-10(19)18-6-4-11(5-7-18)14-9-17-15-8-12(16)2-3-13(14)15;1-2/h2-3,8-9,11,17H,4-7H2,1H3;1-2H3. The summed E-state index contributed by atoms with van der Waals surface area (Å²) in [5, 5.41) is 1.10. The summed E-state index contributed by atoms with van der Waals surface area (Å²) in [4.78, 5) is 16.4. The van der Waals surface area contributed by atoms with Crippen molar-refractivity contribution in [3.05, 3.63) is 35.8 Å². The third-order valence-corrected chi connectivity index (χ3v) is 4.06. The number of fused-ring (bicyclic) bond motifs is 1. The number of aromatic nitrogens is 1. The molecule has 1 aliphatic heterocycles. The minimum Gasteiger partial charge on any atom is -0.361 e. The summed E-state index contributed by atoms with van der Waals surface area (Å²) >= 11 is 0. The molecule has 0 saturated carbocycles. The highest BCUT2D eigenvalue weighted by atomic mass is 19.1. The monoisotopic (exact) mass is 290 g/mol. The predicted molar refractivity (Wildman–Crippen MR) is 83.8 cm³/mol. The van der Waals surface area contributed by atoms with E-state index in [1.54, 1.807) is 6.92 Å². The van der Waals surface area contributed by atoms with E-state index < -0.39 is 0 Å². The smallest absolute Gasteiger partial charge is 0.219 e. The van der Waals surface area contributed by atoms with E-state index in [1.807, 2.05) is 31.0 Å². The molecule has 0 bridgehead atoms. The molecule has 114 valence electrons. The predicted octanol–water partition coefficient (Wildman–Crippen LogP) is 4.06. The molecule has 0 radical (unpaired) electrons. The third-order valence-electron chi connectivity index (χ3n) is 4.06. The van der Waals surface area contributed by atoms with E-state index in [2.05, 4.69) is 4.98 Å². The summed E-state index contributed by atoms with van der Waals surface area (Å²) in [5.74, 6) is 0.390. The maximum atomic E-state index is 13.2. The number of H-pyrrole nitrogens is 1. The SMILES string of the molecule is CC.CC(=O)N1CCC(c2c[nH]c3cc(F)ccc23)CC1. The van der Waals surface area contributed by atoms with Crippen molar-refractivity contribution in [2.75, 3.05) is 13.1 Å². The van der Waals surface area contributed by atoms with E-state index >= 15 is 0 Å². The molecule has 2 aromatic rings. The first-order valence-corrected chi connectivity index (χ1v) is 7.67. The van der Waals surface area contributed by atoms with Gasteiger partial charge in [0.2, 0.25) is 5.91 Å². The molecule has 0 aliphatic carbocycles. The van der Waals surface area contributed by atoms with E-state index in [1.165, 1.54) is 17.7 Å². The lowest BCUT2D eigenvalue weighted by Gasteiger charge is -2.31. The molecule has 2 heterocycles. The molecule has 1 saturated heterocycles. The minimum atomic E-state index is -0.215. The van der Waals surface area contributed by atoms with Crippen molar-refractivity contribution < 1.29 is 9.18 Å². The summed E-state index contributed by atoms with van der Waals surface area (Å²) in [7, 11) is 0. The molecule has 1 aromatic heterocycles. The van der Waals surface area contributed by atoms with Crippen LogP contribution in [0.4, 0.5) is 4.39 Å². The van der Waals surface area contributed by atoms with E-state index in [-0.39, 0.29) is 11.7 Å². The fraction of sp³-hybridized carbons (Fsp3) is 0.471. The van der Waals surface area contributed by atoms with Gasteiger partial charge in [-0.05, 0) is 42.5 Å². The Morgan fingerprint density at radius 3 is 2.57 bits per heavy atom. The molecule has 3 rings (SSSR count). The summed E-state index contributed by atoms with van der Waals surface area (Å²) in [6.45, 7) is 7.25. The van der Waals surface area contributed by atoms with Gasteiger partial charge in [-0.15, -0.1) is 0 Å². The van der Waals surface area contributed by atoms with Crippen LogP contribution in [0.5, 0.6) is 0 Å². The first-order valence-electron chi connectivity index (χ1n) is 7.67.